The van der Waals surface area contributed by atoms with Crippen molar-refractivity contribution >= 4 is 0 Å². The zero-order valence-electron chi connectivity index (χ0n) is 8.73. The van der Waals surface area contributed by atoms with Gasteiger partial charge in [0.2, 0.25) is 5.88 Å². The molecule has 1 N–H and O–H groups in total. The second-order valence-electron chi connectivity index (χ2n) is 2.95. The van der Waals surface area contributed by atoms with Crippen molar-refractivity contribution in [3.8, 4) is 11.9 Å². The summed E-state index contributed by atoms with van der Waals surface area (Å²) in [6, 6.07) is 1.90. The molecule has 0 radical (unpaired) electrons. The molecule has 0 amide bonds. The molecule has 0 fully saturated rings. The Balaban J connectivity index is 2.23. The van der Waals surface area contributed by atoms with Gasteiger partial charge in [-0.2, -0.15) is 5.26 Å². The Bertz CT molecular complexity index is 317. The van der Waals surface area contributed by atoms with Crippen molar-refractivity contribution in [3.63, 3.8) is 0 Å². The third-order valence-corrected chi connectivity index (χ3v) is 1.70. The Morgan fingerprint density at radius 2 is 2.27 bits per heavy atom. The first-order valence-electron chi connectivity index (χ1n) is 4.92. The van der Waals surface area contributed by atoms with Crippen LogP contribution in [0.3, 0.4) is 0 Å². The number of hydrogen-bond acceptors (Lipinski definition) is 5. The van der Waals surface area contributed by atoms with Gasteiger partial charge in [-0.15, -0.1) is 0 Å². The van der Waals surface area contributed by atoms with Gasteiger partial charge in [-0.1, -0.05) is 6.92 Å². The molecule has 1 heterocycles. The van der Waals surface area contributed by atoms with Crippen LogP contribution in [0.2, 0.25) is 0 Å². The lowest BCUT2D eigenvalue weighted by atomic mass is 10.5. The number of nitriles is 1. The summed E-state index contributed by atoms with van der Waals surface area (Å²) in [5.74, 6) is 0.451. The summed E-state index contributed by atoms with van der Waals surface area (Å²) in [6.07, 6.45) is 3.96. The Morgan fingerprint density at radius 1 is 1.40 bits per heavy atom. The van der Waals surface area contributed by atoms with E-state index >= 15 is 0 Å². The van der Waals surface area contributed by atoms with Crippen LogP contribution in [0.15, 0.2) is 12.4 Å². The predicted octanol–water partition coefficient (Wildman–Crippen LogP) is 0.727. The van der Waals surface area contributed by atoms with Crippen LogP contribution < -0.4 is 10.1 Å². The minimum atomic E-state index is 0.298. The Morgan fingerprint density at radius 3 is 2.87 bits per heavy atom. The first-order valence-corrected chi connectivity index (χ1v) is 4.92. The van der Waals surface area contributed by atoms with E-state index in [-0.39, 0.29) is 0 Å². The van der Waals surface area contributed by atoms with Crippen LogP contribution in [-0.2, 0) is 0 Å². The van der Waals surface area contributed by atoms with Crippen molar-refractivity contribution in [3.05, 3.63) is 18.1 Å². The fraction of sp³-hybridized carbons (Fsp3) is 0.500. The molecule has 1 aromatic heterocycles. The molecule has 0 bridgehead atoms. The largest absolute Gasteiger partial charge is 0.475 e. The average molecular weight is 206 g/mol. The molecule has 15 heavy (non-hydrogen) atoms. The molecule has 0 aliphatic carbocycles. The Hall–Kier alpha value is -1.67. The van der Waals surface area contributed by atoms with Crippen molar-refractivity contribution in [2.45, 2.75) is 13.3 Å². The highest BCUT2D eigenvalue weighted by molar-refractivity contribution is 5.18. The maximum atomic E-state index is 8.50. The summed E-state index contributed by atoms with van der Waals surface area (Å²) < 4.78 is 5.31. The zero-order chi connectivity index (χ0) is 10.9. The van der Waals surface area contributed by atoms with Gasteiger partial charge in [0, 0.05) is 6.54 Å². The van der Waals surface area contributed by atoms with Crippen molar-refractivity contribution in [2.24, 2.45) is 0 Å². The van der Waals surface area contributed by atoms with E-state index in [9.17, 15) is 0 Å². The van der Waals surface area contributed by atoms with E-state index < -0.39 is 0 Å². The first kappa shape index (κ1) is 11.4. The summed E-state index contributed by atoms with van der Waals surface area (Å²) >= 11 is 0. The summed E-state index contributed by atoms with van der Waals surface area (Å²) in [7, 11) is 0. The number of aromatic nitrogens is 2. The summed E-state index contributed by atoms with van der Waals surface area (Å²) in [4.78, 5) is 7.78. The van der Waals surface area contributed by atoms with Crippen molar-refractivity contribution in [2.75, 3.05) is 19.7 Å². The molecule has 1 rings (SSSR count). The molecule has 1 aromatic rings. The molecule has 0 saturated carbocycles. The molecule has 0 saturated heterocycles. The smallest absolute Gasteiger partial charge is 0.232 e. The van der Waals surface area contributed by atoms with Crippen LogP contribution in [0.5, 0.6) is 5.88 Å². The second-order valence-corrected chi connectivity index (χ2v) is 2.95. The van der Waals surface area contributed by atoms with Crippen molar-refractivity contribution in [1.29, 1.82) is 5.26 Å². The van der Waals surface area contributed by atoms with E-state index in [1.54, 1.807) is 0 Å². The van der Waals surface area contributed by atoms with Gasteiger partial charge in [0.05, 0.1) is 12.4 Å². The van der Waals surface area contributed by atoms with Gasteiger partial charge in [-0.25, -0.2) is 9.97 Å². The molecular formula is C10H14N4O. The van der Waals surface area contributed by atoms with Crippen LogP contribution in [0.1, 0.15) is 19.0 Å². The summed E-state index contributed by atoms with van der Waals surface area (Å²) in [6.45, 7) is 4.44. The van der Waals surface area contributed by atoms with Crippen LogP contribution in [-0.4, -0.2) is 29.7 Å². The highest BCUT2D eigenvalue weighted by atomic mass is 16.5. The standard InChI is InChI=1S/C10H14N4O/c1-2-3-12-4-5-15-10-8-13-9(6-11)7-14-10/h7-8,12H,2-5H2,1H3. The van der Waals surface area contributed by atoms with Gasteiger partial charge in [0.15, 0.2) is 5.69 Å². The lowest BCUT2D eigenvalue weighted by Gasteiger charge is -2.05. The predicted molar refractivity (Wildman–Crippen MR) is 55.4 cm³/mol. The summed E-state index contributed by atoms with van der Waals surface area (Å²) in [5.41, 5.74) is 0.298. The van der Waals surface area contributed by atoms with Crippen LogP contribution >= 0.6 is 0 Å². The number of nitrogens with one attached hydrogen (secondary N) is 1. The maximum Gasteiger partial charge on any atom is 0.232 e. The molecular weight excluding hydrogens is 192 g/mol. The highest BCUT2D eigenvalue weighted by Crippen LogP contribution is 2.02. The van der Waals surface area contributed by atoms with Crippen molar-refractivity contribution < 1.29 is 4.74 Å². The quantitative estimate of drug-likeness (QED) is 0.695. The third kappa shape index (κ3) is 4.38. The first-order chi connectivity index (χ1) is 7.36. The molecule has 5 heteroatoms. The fourth-order valence-electron chi connectivity index (χ4n) is 0.978. The molecule has 0 atom stereocenters. The molecule has 0 unspecified atom stereocenters. The molecule has 0 spiro atoms. The maximum absolute atomic E-state index is 8.50. The van der Waals surface area contributed by atoms with E-state index in [0.29, 0.717) is 18.2 Å². The van der Waals surface area contributed by atoms with E-state index in [1.807, 2.05) is 6.07 Å². The van der Waals surface area contributed by atoms with Gasteiger partial charge in [0.25, 0.3) is 0 Å². The van der Waals surface area contributed by atoms with Crippen molar-refractivity contribution in [1.82, 2.24) is 15.3 Å². The van der Waals surface area contributed by atoms with Gasteiger partial charge < -0.3 is 10.1 Å². The SMILES string of the molecule is CCCNCCOc1cnc(C#N)cn1. The molecule has 0 aliphatic rings. The van der Waals surface area contributed by atoms with E-state index in [0.717, 1.165) is 19.5 Å². The fourth-order valence-corrected chi connectivity index (χ4v) is 0.978. The van der Waals surface area contributed by atoms with Gasteiger partial charge in [0.1, 0.15) is 12.7 Å². The summed E-state index contributed by atoms with van der Waals surface area (Å²) in [5, 5.41) is 11.7. The topological polar surface area (TPSA) is 70.8 Å². The van der Waals surface area contributed by atoms with Gasteiger partial charge >= 0.3 is 0 Å². The normalized spacial score (nSPS) is 9.60. The van der Waals surface area contributed by atoms with Gasteiger partial charge in [-0.3, -0.25) is 0 Å². The Kier molecular flexibility index (Phi) is 5.12. The van der Waals surface area contributed by atoms with Crippen LogP contribution in [0, 0.1) is 11.3 Å². The van der Waals surface area contributed by atoms with E-state index in [2.05, 4.69) is 22.2 Å². The zero-order valence-corrected chi connectivity index (χ0v) is 8.73. The third-order valence-electron chi connectivity index (χ3n) is 1.70. The van der Waals surface area contributed by atoms with E-state index in [4.69, 9.17) is 10.00 Å². The minimum absolute atomic E-state index is 0.298. The Labute approximate surface area is 89.1 Å². The van der Waals surface area contributed by atoms with E-state index in [1.165, 1.54) is 12.4 Å². The monoisotopic (exact) mass is 206 g/mol. The van der Waals surface area contributed by atoms with Crippen LogP contribution in [0.4, 0.5) is 0 Å². The highest BCUT2D eigenvalue weighted by Gasteiger charge is 1.96. The number of rotatable bonds is 6. The van der Waals surface area contributed by atoms with Crippen LogP contribution in [0.25, 0.3) is 0 Å². The molecule has 0 aliphatic heterocycles. The molecule has 80 valence electrons. The molecule has 5 nitrogen and oxygen atoms in total. The molecule has 0 aromatic carbocycles. The number of nitrogens with zero attached hydrogens (tertiary/aromatic N) is 3. The lowest BCUT2D eigenvalue weighted by Crippen LogP contribution is -2.21. The number of hydrogen-bond donors (Lipinski definition) is 1. The van der Waals surface area contributed by atoms with Gasteiger partial charge in [-0.05, 0) is 13.0 Å². The minimum Gasteiger partial charge on any atom is -0.475 e. The average Bonchev–Trinajstić information content (AvgIpc) is 2.30. The lowest BCUT2D eigenvalue weighted by molar-refractivity contribution is 0.301. The number of ether oxygens (including phenoxy) is 1. The second kappa shape index (κ2) is 6.74.